The van der Waals surface area contributed by atoms with Crippen molar-refractivity contribution in [2.45, 2.75) is 13.5 Å². The zero-order valence-electron chi connectivity index (χ0n) is 7.85. The minimum absolute atomic E-state index is 0.0818. The van der Waals surface area contributed by atoms with Gasteiger partial charge in [-0.25, -0.2) is 4.79 Å². The molecule has 0 unspecified atom stereocenters. The van der Waals surface area contributed by atoms with Crippen LogP contribution in [0.5, 0.6) is 0 Å². The molecule has 1 N–H and O–H groups in total. The molecule has 0 radical (unpaired) electrons. The Morgan fingerprint density at radius 3 is 2.83 bits per heavy atom. The minimum Gasteiger partial charge on any atom is -0.461 e. The molecule has 0 aliphatic carbocycles. The number of rotatable bonds is 6. The van der Waals surface area contributed by atoms with Gasteiger partial charge in [-0.05, 0) is 13.1 Å². The molecule has 4 heteroatoms. The first-order valence-electron chi connectivity index (χ1n) is 4.21. The molecule has 70 valence electrons. The van der Waals surface area contributed by atoms with Crippen molar-refractivity contribution in [2.24, 2.45) is 0 Å². The summed E-state index contributed by atoms with van der Waals surface area (Å²) in [5.41, 5.74) is 0.458. The van der Waals surface area contributed by atoms with Crippen LogP contribution in [0.4, 0.5) is 0 Å². The van der Waals surface area contributed by atoms with Crippen molar-refractivity contribution in [1.82, 2.24) is 5.32 Å². The summed E-state index contributed by atoms with van der Waals surface area (Å²) in [6, 6.07) is 0. The molecule has 0 rings (SSSR count). The summed E-state index contributed by atoms with van der Waals surface area (Å²) in [4.78, 5) is 10.8. The van der Waals surface area contributed by atoms with Crippen molar-refractivity contribution in [3.05, 3.63) is 12.2 Å². The van der Waals surface area contributed by atoms with Gasteiger partial charge in [0.2, 0.25) is 0 Å². The van der Waals surface area contributed by atoms with Gasteiger partial charge in [-0.3, -0.25) is 0 Å². The van der Waals surface area contributed by atoms with Crippen LogP contribution in [0.25, 0.3) is 0 Å². The van der Waals surface area contributed by atoms with Crippen LogP contribution in [-0.4, -0.2) is 34.8 Å². The van der Waals surface area contributed by atoms with Gasteiger partial charge in [0.15, 0.2) is 0 Å². The fourth-order valence-electron chi connectivity index (χ4n) is 0.641. The topological polar surface area (TPSA) is 38.3 Å². The van der Waals surface area contributed by atoms with E-state index in [1.165, 1.54) is 0 Å². The first kappa shape index (κ1) is 11.4. The normalized spacial score (nSPS) is 10.5. The highest BCUT2D eigenvalue weighted by Crippen LogP contribution is 1.90. The molecule has 0 aromatic rings. The molecule has 0 amide bonds. The van der Waals surface area contributed by atoms with Crippen LogP contribution in [0.3, 0.4) is 0 Å². The maximum atomic E-state index is 10.8. The standard InChI is InChI=1S/C8H17NO2Si/c1-7(2)8(10)11-5-4-9-6-12-3/h9H,1,4-6,12H2,2-3H3. The summed E-state index contributed by atoms with van der Waals surface area (Å²) in [7, 11) is 0.0818. The van der Waals surface area contributed by atoms with Gasteiger partial charge in [-0.15, -0.1) is 0 Å². The molecule has 12 heavy (non-hydrogen) atoms. The van der Waals surface area contributed by atoms with Crippen LogP contribution >= 0.6 is 0 Å². The van der Waals surface area contributed by atoms with Gasteiger partial charge < -0.3 is 10.1 Å². The van der Waals surface area contributed by atoms with Gasteiger partial charge in [0, 0.05) is 21.6 Å². The number of carbonyl (C=O) groups excluding carboxylic acids is 1. The monoisotopic (exact) mass is 187 g/mol. The van der Waals surface area contributed by atoms with Crippen molar-refractivity contribution in [3.8, 4) is 0 Å². The van der Waals surface area contributed by atoms with E-state index in [1.807, 2.05) is 0 Å². The highest BCUT2D eigenvalue weighted by Gasteiger charge is 2.00. The highest BCUT2D eigenvalue weighted by molar-refractivity contribution is 6.33. The van der Waals surface area contributed by atoms with Crippen LogP contribution in [-0.2, 0) is 9.53 Å². The molecule has 0 aliphatic rings. The Bertz CT molecular complexity index is 159. The fraction of sp³-hybridized carbons (Fsp3) is 0.625. The van der Waals surface area contributed by atoms with Gasteiger partial charge >= 0.3 is 5.97 Å². The van der Waals surface area contributed by atoms with Crippen LogP contribution in [0, 0.1) is 0 Å². The second-order valence-corrected chi connectivity index (χ2v) is 4.17. The Morgan fingerprint density at radius 2 is 2.33 bits per heavy atom. The van der Waals surface area contributed by atoms with Gasteiger partial charge in [-0.2, -0.15) is 0 Å². The van der Waals surface area contributed by atoms with E-state index in [0.717, 1.165) is 12.7 Å². The van der Waals surface area contributed by atoms with Gasteiger partial charge in [0.25, 0.3) is 0 Å². The maximum absolute atomic E-state index is 10.8. The first-order chi connectivity index (χ1) is 5.68. The van der Waals surface area contributed by atoms with Crippen LogP contribution in [0.2, 0.25) is 6.55 Å². The predicted octanol–water partition coefficient (Wildman–Crippen LogP) is -0.130. The maximum Gasteiger partial charge on any atom is 0.333 e. The van der Waals surface area contributed by atoms with E-state index in [4.69, 9.17) is 4.74 Å². The predicted molar refractivity (Wildman–Crippen MR) is 53.1 cm³/mol. The van der Waals surface area contributed by atoms with E-state index >= 15 is 0 Å². The average Bonchev–Trinajstić information content (AvgIpc) is 2.03. The smallest absolute Gasteiger partial charge is 0.333 e. The summed E-state index contributed by atoms with van der Waals surface area (Å²) < 4.78 is 4.86. The third-order valence-electron chi connectivity index (χ3n) is 1.29. The van der Waals surface area contributed by atoms with Crippen molar-refractivity contribution < 1.29 is 9.53 Å². The summed E-state index contributed by atoms with van der Waals surface area (Å²) in [6.45, 7) is 8.55. The van der Waals surface area contributed by atoms with Gasteiger partial charge in [0.1, 0.15) is 6.61 Å². The number of ether oxygens (including phenoxy) is 1. The lowest BCUT2D eigenvalue weighted by Gasteiger charge is -2.04. The number of esters is 1. The van der Waals surface area contributed by atoms with Crippen molar-refractivity contribution >= 4 is 15.5 Å². The largest absolute Gasteiger partial charge is 0.461 e. The van der Waals surface area contributed by atoms with E-state index in [9.17, 15) is 4.79 Å². The number of carbonyl (C=O) groups is 1. The number of nitrogens with one attached hydrogen (secondary N) is 1. The molecule has 0 heterocycles. The Morgan fingerprint density at radius 1 is 1.67 bits per heavy atom. The van der Waals surface area contributed by atoms with E-state index in [0.29, 0.717) is 12.2 Å². The quantitative estimate of drug-likeness (QED) is 0.272. The summed E-state index contributed by atoms with van der Waals surface area (Å²) >= 11 is 0. The molecule has 0 aromatic heterocycles. The Hall–Kier alpha value is -0.613. The second kappa shape index (κ2) is 7.06. The SMILES string of the molecule is C=C(C)C(=O)OCCNC[SiH2]C. The number of hydrogen-bond acceptors (Lipinski definition) is 3. The minimum atomic E-state index is -0.300. The molecule has 0 atom stereocenters. The van der Waals surface area contributed by atoms with Crippen molar-refractivity contribution in [2.75, 3.05) is 19.3 Å². The molecular weight excluding hydrogens is 170 g/mol. The molecule has 0 saturated carbocycles. The van der Waals surface area contributed by atoms with E-state index in [2.05, 4.69) is 18.4 Å². The molecule has 0 aromatic carbocycles. The first-order valence-corrected chi connectivity index (χ1v) is 6.63. The molecule has 3 nitrogen and oxygen atoms in total. The van der Waals surface area contributed by atoms with Crippen LogP contribution < -0.4 is 5.32 Å². The number of hydrogen-bond donors (Lipinski definition) is 1. The van der Waals surface area contributed by atoms with Crippen LogP contribution in [0.1, 0.15) is 6.92 Å². The van der Waals surface area contributed by atoms with Crippen molar-refractivity contribution in [3.63, 3.8) is 0 Å². The average molecular weight is 187 g/mol. The molecule has 0 bridgehead atoms. The summed E-state index contributed by atoms with van der Waals surface area (Å²) in [6.07, 6.45) is 1.10. The lowest BCUT2D eigenvalue weighted by Crippen LogP contribution is -2.24. The van der Waals surface area contributed by atoms with E-state index in [1.54, 1.807) is 6.92 Å². The lowest BCUT2D eigenvalue weighted by atomic mass is 10.4. The molecule has 0 saturated heterocycles. The zero-order chi connectivity index (χ0) is 9.40. The zero-order valence-corrected chi connectivity index (χ0v) is 9.27. The van der Waals surface area contributed by atoms with Gasteiger partial charge in [0.05, 0.1) is 0 Å². The van der Waals surface area contributed by atoms with Gasteiger partial charge in [-0.1, -0.05) is 13.1 Å². The fourth-order valence-corrected chi connectivity index (χ4v) is 1.24. The Labute approximate surface area is 76.0 Å². The third-order valence-corrected chi connectivity index (χ3v) is 2.14. The molecular formula is C8H17NO2Si. The Balaban J connectivity index is 3.20. The molecule has 0 spiro atoms. The molecule has 0 fully saturated rings. The Kier molecular flexibility index (Phi) is 6.70. The third kappa shape index (κ3) is 6.12. The highest BCUT2D eigenvalue weighted by atomic mass is 28.2. The summed E-state index contributed by atoms with van der Waals surface area (Å²) in [5.74, 6) is -0.300. The second-order valence-electron chi connectivity index (χ2n) is 2.67. The van der Waals surface area contributed by atoms with Crippen molar-refractivity contribution in [1.29, 1.82) is 0 Å². The van der Waals surface area contributed by atoms with Crippen LogP contribution in [0.15, 0.2) is 12.2 Å². The summed E-state index contributed by atoms with van der Waals surface area (Å²) in [5, 5.41) is 3.18. The lowest BCUT2D eigenvalue weighted by molar-refractivity contribution is -0.138. The van der Waals surface area contributed by atoms with E-state index < -0.39 is 0 Å². The van der Waals surface area contributed by atoms with E-state index in [-0.39, 0.29) is 15.5 Å². The molecule has 0 aliphatic heterocycles.